The van der Waals surface area contributed by atoms with Gasteiger partial charge in [0.05, 0.1) is 0 Å². The van der Waals surface area contributed by atoms with Crippen molar-refractivity contribution in [3.8, 4) is 5.75 Å². The van der Waals surface area contributed by atoms with E-state index in [0.717, 1.165) is 29.2 Å². The van der Waals surface area contributed by atoms with Crippen molar-refractivity contribution in [3.05, 3.63) is 51.2 Å². The molecular formula is C15H18ClNOS. The zero-order chi connectivity index (χ0) is 13.7. The first kappa shape index (κ1) is 14.4. The lowest BCUT2D eigenvalue weighted by atomic mass is 10.0. The van der Waals surface area contributed by atoms with Crippen LogP contribution >= 0.6 is 22.9 Å². The zero-order valence-corrected chi connectivity index (χ0v) is 12.5. The first-order valence-corrected chi connectivity index (χ1v) is 7.64. The molecule has 19 heavy (non-hydrogen) atoms. The van der Waals surface area contributed by atoms with Gasteiger partial charge in [-0.25, -0.2) is 0 Å². The summed E-state index contributed by atoms with van der Waals surface area (Å²) >= 11 is 7.95. The Morgan fingerprint density at radius 1 is 1.32 bits per heavy atom. The molecule has 0 bridgehead atoms. The van der Waals surface area contributed by atoms with Crippen molar-refractivity contribution >= 4 is 22.9 Å². The van der Waals surface area contributed by atoms with E-state index in [4.69, 9.17) is 22.1 Å². The topological polar surface area (TPSA) is 35.2 Å². The third kappa shape index (κ3) is 3.96. The molecule has 0 aliphatic heterocycles. The van der Waals surface area contributed by atoms with Gasteiger partial charge in [0, 0.05) is 21.5 Å². The molecule has 1 unspecified atom stereocenters. The van der Waals surface area contributed by atoms with Crippen molar-refractivity contribution in [2.45, 2.75) is 32.4 Å². The maximum absolute atomic E-state index is 6.26. The van der Waals surface area contributed by atoms with Crippen molar-refractivity contribution in [1.29, 1.82) is 0 Å². The fourth-order valence-corrected chi connectivity index (χ4v) is 2.68. The summed E-state index contributed by atoms with van der Waals surface area (Å²) in [6, 6.07) is 9.95. The van der Waals surface area contributed by atoms with Gasteiger partial charge in [0.2, 0.25) is 0 Å². The largest absolute Gasteiger partial charge is 0.488 e. The van der Waals surface area contributed by atoms with Crippen LogP contribution in [-0.4, -0.2) is 6.04 Å². The molecule has 1 aromatic carbocycles. The smallest absolute Gasteiger partial charge is 0.124 e. The average molecular weight is 296 g/mol. The molecule has 2 rings (SSSR count). The van der Waals surface area contributed by atoms with Crippen molar-refractivity contribution in [1.82, 2.24) is 0 Å². The monoisotopic (exact) mass is 295 g/mol. The lowest BCUT2D eigenvalue weighted by molar-refractivity contribution is 0.305. The molecule has 2 nitrogen and oxygen atoms in total. The minimum atomic E-state index is 0.115. The van der Waals surface area contributed by atoms with Crippen molar-refractivity contribution < 1.29 is 4.74 Å². The lowest BCUT2D eigenvalue weighted by Crippen LogP contribution is -2.22. The first-order valence-electron chi connectivity index (χ1n) is 6.39. The number of ether oxygens (including phenoxy) is 1. The van der Waals surface area contributed by atoms with Crippen LogP contribution < -0.4 is 10.5 Å². The van der Waals surface area contributed by atoms with E-state index in [-0.39, 0.29) is 6.04 Å². The molecular weight excluding hydrogens is 278 g/mol. The molecule has 1 aromatic heterocycles. The second-order valence-corrected chi connectivity index (χ2v) is 5.90. The van der Waals surface area contributed by atoms with Crippen LogP contribution in [0.1, 0.15) is 23.8 Å². The number of hydrogen-bond acceptors (Lipinski definition) is 3. The lowest BCUT2D eigenvalue weighted by Gasteiger charge is -2.15. The maximum Gasteiger partial charge on any atom is 0.124 e. The maximum atomic E-state index is 6.26. The fourth-order valence-electron chi connectivity index (χ4n) is 1.82. The van der Waals surface area contributed by atoms with Crippen LogP contribution in [0.15, 0.2) is 35.7 Å². The Balaban J connectivity index is 2.12. The summed E-state index contributed by atoms with van der Waals surface area (Å²) in [5.74, 6) is 0.838. The van der Waals surface area contributed by atoms with Crippen LogP contribution in [0.5, 0.6) is 5.75 Å². The second-order valence-electron chi connectivity index (χ2n) is 4.46. The number of thiophene rings is 1. The second kappa shape index (κ2) is 6.94. The van der Waals surface area contributed by atoms with Gasteiger partial charge in [0.15, 0.2) is 0 Å². The highest BCUT2D eigenvalue weighted by Crippen LogP contribution is 2.29. The predicted molar refractivity (Wildman–Crippen MR) is 82.1 cm³/mol. The Labute approximate surface area is 123 Å². The molecule has 1 atom stereocenters. The Morgan fingerprint density at radius 2 is 2.16 bits per heavy atom. The van der Waals surface area contributed by atoms with E-state index in [1.54, 1.807) is 11.3 Å². The van der Waals surface area contributed by atoms with E-state index in [9.17, 15) is 0 Å². The normalized spacial score (nSPS) is 12.4. The summed E-state index contributed by atoms with van der Waals surface area (Å²) < 4.78 is 5.88. The third-order valence-corrected chi connectivity index (χ3v) is 4.22. The molecule has 1 heterocycles. The molecule has 0 fully saturated rings. The molecule has 0 aliphatic carbocycles. The van der Waals surface area contributed by atoms with Gasteiger partial charge in [-0.05, 0) is 36.4 Å². The summed E-state index contributed by atoms with van der Waals surface area (Å²) in [7, 11) is 0. The van der Waals surface area contributed by atoms with Gasteiger partial charge in [0.1, 0.15) is 12.4 Å². The van der Waals surface area contributed by atoms with Gasteiger partial charge in [0.25, 0.3) is 0 Å². The van der Waals surface area contributed by atoms with Crippen molar-refractivity contribution in [2.75, 3.05) is 0 Å². The van der Waals surface area contributed by atoms with E-state index in [0.29, 0.717) is 6.61 Å². The summed E-state index contributed by atoms with van der Waals surface area (Å²) in [5, 5.41) is 2.78. The van der Waals surface area contributed by atoms with Crippen LogP contribution in [0.4, 0.5) is 0 Å². The van der Waals surface area contributed by atoms with E-state index in [2.05, 4.69) is 13.0 Å². The molecule has 0 amide bonds. The molecule has 0 spiro atoms. The molecule has 2 N–H and O–H groups in total. The number of rotatable bonds is 6. The van der Waals surface area contributed by atoms with Crippen molar-refractivity contribution in [3.63, 3.8) is 0 Å². The number of halogens is 1. The molecule has 0 saturated carbocycles. The Bertz CT molecular complexity index is 513. The first-order chi connectivity index (χ1) is 9.20. The highest BCUT2D eigenvalue weighted by atomic mass is 35.5. The summed E-state index contributed by atoms with van der Waals surface area (Å²) in [6.07, 6.45) is 1.67. The minimum absolute atomic E-state index is 0.115. The van der Waals surface area contributed by atoms with Crippen molar-refractivity contribution in [2.24, 2.45) is 5.73 Å². The number of benzene rings is 1. The molecule has 0 saturated heterocycles. The molecule has 0 aliphatic rings. The van der Waals surface area contributed by atoms with Crippen LogP contribution in [0, 0.1) is 0 Å². The fraction of sp³-hybridized carbons (Fsp3) is 0.333. The van der Waals surface area contributed by atoms with Gasteiger partial charge in [-0.15, -0.1) is 11.3 Å². The molecule has 0 radical (unpaired) electrons. The highest BCUT2D eigenvalue weighted by molar-refractivity contribution is 7.09. The standard InChI is InChI=1S/C15H18ClNOS/c1-2-11(17)9-13-14(16)6-3-7-15(13)18-10-12-5-4-8-19-12/h3-8,11H,2,9-10,17H2,1H3. The van der Waals surface area contributed by atoms with E-state index in [1.165, 1.54) is 4.88 Å². The van der Waals surface area contributed by atoms with Crippen LogP contribution in [-0.2, 0) is 13.0 Å². The summed E-state index contributed by atoms with van der Waals surface area (Å²) in [4.78, 5) is 1.20. The summed E-state index contributed by atoms with van der Waals surface area (Å²) in [6.45, 7) is 2.65. The van der Waals surface area contributed by atoms with Crippen LogP contribution in [0.2, 0.25) is 5.02 Å². The van der Waals surface area contributed by atoms with Crippen LogP contribution in [0.3, 0.4) is 0 Å². The molecule has 4 heteroatoms. The van der Waals surface area contributed by atoms with Gasteiger partial charge in [-0.1, -0.05) is 30.7 Å². The molecule has 102 valence electrons. The highest BCUT2D eigenvalue weighted by Gasteiger charge is 2.12. The van der Waals surface area contributed by atoms with Gasteiger partial charge < -0.3 is 10.5 Å². The third-order valence-electron chi connectivity index (χ3n) is 3.02. The van der Waals surface area contributed by atoms with Gasteiger partial charge in [-0.3, -0.25) is 0 Å². The van der Waals surface area contributed by atoms with Crippen LogP contribution in [0.25, 0.3) is 0 Å². The predicted octanol–water partition coefficient (Wildman–Crippen LogP) is 4.26. The van der Waals surface area contributed by atoms with Gasteiger partial charge in [-0.2, -0.15) is 0 Å². The van der Waals surface area contributed by atoms with Gasteiger partial charge >= 0.3 is 0 Å². The zero-order valence-electron chi connectivity index (χ0n) is 10.9. The van der Waals surface area contributed by atoms with E-state index < -0.39 is 0 Å². The number of nitrogens with two attached hydrogens (primary N) is 1. The Hall–Kier alpha value is -1.03. The van der Waals surface area contributed by atoms with E-state index in [1.807, 2.05) is 29.6 Å². The molecule has 2 aromatic rings. The summed E-state index contributed by atoms with van der Waals surface area (Å²) in [5.41, 5.74) is 7.03. The Kier molecular flexibility index (Phi) is 5.25. The quantitative estimate of drug-likeness (QED) is 0.864. The number of hydrogen-bond donors (Lipinski definition) is 1. The SMILES string of the molecule is CCC(N)Cc1c(Cl)cccc1OCc1cccs1. The van der Waals surface area contributed by atoms with E-state index >= 15 is 0 Å². The Morgan fingerprint density at radius 3 is 2.84 bits per heavy atom. The minimum Gasteiger partial charge on any atom is -0.488 e. The average Bonchev–Trinajstić information content (AvgIpc) is 2.92.